The van der Waals surface area contributed by atoms with Gasteiger partial charge in [0.25, 0.3) is 0 Å². The molecule has 1 saturated carbocycles. The summed E-state index contributed by atoms with van der Waals surface area (Å²) in [7, 11) is 0. The van der Waals surface area contributed by atoms with Crippen LogP contribution in [0.15, 0.2) is 40.6 Å². The number of aromatic amines is 1. The third-order valence-electron chi connectivity index (χ3n) is 5.13. The van der Waals surface area contributed by atoms with Crippen LogP contribution in [0, 0.1) is 6.92 Å². The van der Waals surface area contributed by atoms with Crippen molar-refractivity contribution in [2.45, 2.75) is 58.8 Å². The Bertz CT molecular complexity index is 858. The van der Waals surface area contributed by atoms with Crippen molar-refractivity contribution in [2.75, 3.05) is 6.54 Å². The number of ketones is 1. The smallest absolute Gasteiger partial charge is 0.168 e. The van der Waals surface area contributed by atoms with Crippen LogP contribution in [-0.2, 0) is 11.2 Å². The van der Waals surface area contributed by atoms with Crippen molar-refractivity contribution in [1.82, 2.24) is 4.98 Å². The van der Waals surface area contributed by atoms with Gasteiger partial charge in [-0.05, 0) is 44.2 Å². The van der Waals surface area contributed by atoms with Crippen LogP contribution in [0.4, 0.5) is 0 Å². The highest BCUT2D eigenvalue weighted by Crippen LogP contribution is 2.25. The van der Waals surface area contributed by atoms with Crippen LogP contribution < -0.4 is 0 Å². The molecule has 1 aromatic carbocycles. The number of allylic oxidation sites excluding steroid dienone is 2. The maximum Gasteiger partial charge on any atom is 0.168 e. The van der Waals surface area contributed by atoms with Gasteiger partial charge in [-0.1, -0.05) is 31.5 Å². The van der Waals surface area contributed by atoms with Crippen LogP contribution in [-0.4, -0.2) is 28.1 Å². The summed E-state index contributed by atoms with van der Waals surface area (Å²) in [6, 6.07) is 8.31. The number of aliphatic hydroxyl groups is 1. The number of aliphatic hydroxyl groups excluding tert-OH is 1. The first-order valence-corrected chi connectivity index (χ1v) is 9.67. The highest BCUT2D eigenvalue weighted by Gasteiger charge is 2.25. The van der Waals surface area contributed by atoms with Crippen molar-refractivity contribution in [3.05, 3.63) is 46.9 Å². The molecule has 1 fully saturated rings. The lowest BCUT2D eigenvalue weighted by molar-refractivity contribution is -0.115. The Kier molecular flexibility index (Phi) is 5.92. The monoisotopic (exact) mass is 352 g/mol. The summed E-state index contributed by atoms with van der Waals surface area (Å²) >= 11 is 0. The van der Waals surface area contributed by atoms with Crippen molar-refractivity contribution in [2.24, 2.45) is 4.99 Å². The number of hydrogen-bond acceptors (Lipinski definition) is 3. The maximum atomic E-state index is 12.3. The number of aryl methyl sites for hydroxylation is 1. The average molecular weight is 352 g/mol. The molecule has 0 aliphatic heterocycles. The molecule has 3 rings (SSSR count). The van der Waals surface area contributed by atoms with E-state index in [0.29, 0.717) is 25.0 Å². The van der Waals surface area contributed by atoms with Gasteiger partial charge < -0.3 is 10.1 Å². The third kappa shape index (κ3) is 3.90. The van der Waals surface area contributed by atoms with Crippen LogP contribution in [0.3, 0.4) is 0 Å². The second-order valence-electron chi connectivity index (χ2n) is 7.05. The molecule has 138 valence electrons. The van der Waals surface area contributed by atoms with Crippen LogP contribution in [0.1, 0.15) is 56.7 Å². The lowest BCUT2D eigenvalue weighted by atomic mass is 9.89. The minimum Gasteiger partial charge on any atom is -0.511 e. The molecule has 0 amide bonds. The van der Waals surface area contributed by atoms with Gasteiger partial charge in [-0.15, -0.1) is 0 Å². The minimum absolute atomic E-state index is 0.0480. The second kappa shape index (κ2) is 8.35. The van der Waals surface area contributed by atoms with Gasteiger partial charge in [-0.2, -0.15) is 0 Å². The molecule has 0 unspecified atom stereocenters. The zero-order valence-corrected chi connectivity index (χ0v) is 15.8. The molecule has 0 saturated heterocycles. The molecule has 1 aliphatic carbocycles. The number of aliphatic imine (C=N–C) groups is 1. The van der Waals surface area contributed by atoms with Gasteiger partial charge in [0, 0.05) is 41.7 Å². The van der Waals surface area contributed by atoms with Crippen molar-refractivity contribution < 1.29 is 9.90 Å². The number of fused-ring (bicyclic) bond motifs is 1. The molecule has 1 aliphatic rings. The zero-order valence-electron chi connectivity index (χ0n) is 15.8. The molecule has 0 bridgehead atoms. The molecular formula is C22H28N2O2. The largest absolute Gasteiger partial charge is 0.511 e. The number of aromatic nitrogens is 1. The van der Waals surface area contributed by atoms with Gasteiger partial charge in [-0.25, -0.2) is 0 Å². The van der Waals surface area contributed by atoms with Crippen molar-refractivity contribution in [1.29, 1.82) is 0 Å². The topological polar surface area (TPSA) is 65.4 Å². The first-order valence-electron chi connectivity index (χ1n) is 9.67. The summed E-state index contributed by atoms with van der Waals surface area (Å²) < 4.78 is 0. The Morgan fingerprint density at radius 1 is 1.27 bits per heavy atom. The molecule has 1 aromatic heterocycles. The number of Topliss-reactive ketones (excluding diaryl/α,β-unsaturated/α-hetero) is 1. The number of nitrogens with one attached hydrogen (secondary N) is 1. The first-order chi connectivity index (χ1) is 12.6. The minimum atomic E-state index is 0.0480. The van der Waals surface area contributed by atoms with E-state index >= 15 is 0 Å². The van der Waals surface area contributed by atoms with Gasteiger partial charge in [-0.3, -0.25) is 9.79 Å². The normalized spacial score (nSPS) is 18.7. The summed E-state index contributed by atoms with van der Waals surface area (Å²) in [4.78, 5) is 20.5. The molecular weight excluding hydrogens is 324 g/mol. The fraction of sp³-hybridized carbons (Fsp3) is 0.455. The predicted octanol–water partition coefficient (Wildman–Crippen LogP) is 5.22. The summed E-state index contributed by atoms with van der Waals surface area (Å²) in [6.07, 6.45) is 5.42. The lowest BCUT2D eigenvalue weighted by Gasteiger charge is -2.18. The standard InChI is InChI=1S/C22H28N2O2/c1-3-4-11-20(25)22-19(10-7-12-21(22)26)23-14-13-16-15(2)24-18-9-6-5-8-17(16)18/h5-6,8-9,24-25H,3-4,7,10-14H2,1-2H3/b22-20-,23-19?. The van der Waals surface area contributed by atoms with E-state index in [1.165, 1.54) is 16.6 Å². The van der Waals surface area contributed by atoms with Crippen LogP contribution >= 0.6 is 0 Å². The van der Waals surface area contributed by atoms with Gasteiger partial charge >= 0.3 is 0 Å². The highest BCUT2D eigenvalue weighted by molar-refractivity contribution is 6.24. The summed E-state index contributed by atoms with van der Waals surface area (Å²) in [6.45, 7) is 4.81. The van der Waals surface area contributed by atoms with Gasteiger partial charge in [0.2, 0.25) is 0 Å². The van der Waals surface area contributed by atoms with Crippen molar-refractivity contribution in [3.63, 3.8) is 0 Å². The van der Waals surface area contributed by atoms with Crippen LogP contribution in [0.2, 0.25) is 0 Å². The van der Waals surface area contributed by atoms with E-state index in [-0.39, 0.29) is 11.5 Å². The molecule has 0 atom stereocenters. The van der Waals surface area contributed by atoms with Crippen molar-refractivity contribution >= 4 is 22.4 Å². The SMILES string of the molecule is CCCC/C(O)=C1/C(=O)CCCC1=NCCc1c(C)[nH]c2ccccc12. The molecule has 26 heavy (non-hydrogen) atoms. The lowest BCUT2D eigenvalue weighted by Crippen LogP contribution is -2.22. The molecule has 1 heterocycles. The van der Waals surface area contributed by atoms with Gasteiger partial charge in [0.1, 0.15) is 5.76 Å². The van der Waals surface area contributed by atoms with E-state index in [0.717, 1.165) is 43.3 Å². The Labute approximate surface area is 155 Å². The van der Waals surface area contributed by atoms with E-state index < -0.39 is 0 Å². The molecule has 0 radical (unpaired) electrons. The van der Waals surface area contributed by atoms with E-state index in [2.05, 4.69) is 37.0 Å². The third-order valence-corrected chi connectivity index (χ3v) is 5.13. The number of carbonyl (C=O) groups is 1. The number of carbonyl (C=O) groups excluding carboxylic acids is 1. The number of rotatable bonds is 6. The Morgan fingerprint density at radius 2 is 2.08 bits per heavy atom. The summed E-state index contributed by atoms with van der Waals surface area (Å²) in [5.41, 5.74) is 4.91. The first kappa shape index (κ1) is 18.4. The number of benzene rings is 1. The number of H-pyrrole nitrogens is 1. The summed E-state index contributed by atoms with van der Waals surface area (Å²) in [5.74, 6) is 0.283. The van der Waals surface area contributed by atoms with E-state index in [1.807, 2.05) is 6.07 Å². The fourth-order valence-corrected chi connectivity index (χ4v) is 3.74. The maximum absolute atomic E-state index is 12.3. The van der Waals surface area contributed by atoms with E-state index in [1.54, 1.807) is 0 Å². The Morgan fingerprint density at radius 3 is 2.88 bits per heavy atom. The number of para-hydroxylation sites is 1. The van der Waals surface area contributed by atoms with Crippen LogP contribution in [0.5, 0.6) is 0 Å². The molecule has 4 heteroatoms. The van der Waals surface area contributed by atoms with E-state index in [9.17, 15) is 9.90 Å². The van der Waals surface area contributed by atoms with Gasteiger partial charge in [0.15, 0.2) is 5.78 Å². The molecule has 2 N–H and O–H groups in total. The highest BCUT2D eigenvalue weighted by atomic mass is 16.3. The summed E-state index contributed by atoms with van der Waals surface area (Å²) in [5, 5.41) is 11.6. The zero-order chi connectivity index (χ0) is 18.5. The predicted molar refractivity (Wildman–Crippen MR) is 107 cm³/mol. The number of unbranched alkanes of at least 4 members (excludes halogenated alkanes) is 1. The average Bonchev–Trinajstić information content (AvgIpc) is 2.95. The Balaban J connectivity index is 1.79. The van der Waals surface area contributed by atoms with Crippen LogP contribution in [0.25, 0.3) is 10.9 Å². The fourth-order valence-electron chi connectivity index (χ4n) is 3.74. The number of hydrogen-bond donors (Lipinski definition) is 2. The number of nitrogens with zero attached hydrogens (tertiary/aromatic N) is 1. The molecule has 0 spiro atoms. The van der Waals surface area contributed by atoms with E-state index in [4.69, 9.17) is 4.99 Å². The Hall–Kier alpha value is -2.36. The molecule has 2 aromatic rings. The second-order valence-corrected chi connectivity index (χ2v) is 7.05. The van der Waals surface area contributed by atoms with Crippen molar-refractivity contribution in [3.8, 4) is 0 Å². The van der Waals surface area contributed by atoms with Gasteiger partial charge in [0.05, 0.1) is 5.57 Å². The molecule has 4 nitrogen and oxygen atoms in total. The quantitative estimate of drug-likeness (QED) is 0.553.